The van der Waals surface area contributed by atoms with Crippen molar-refractivity contribution in [1.29, 1.82) is 0 Å². The summed E-state index contributed by atoms with van der Waals surface area (Å²) in [5, 5.41) is 9.62. The zero-order valence-electron chi connectivity index (χ0n) is 35.5. The number of allylic oxidation sites excluding steroid dienone is 8. The van der Waals surface area contributed by atoms with Crippen molar-refractivity contribution in [3.8, 4) is 0 Å². The highest BCUT2D eigenvalue weighted by atomic mass is 16.6. The largest absolute Gasteiger partial charge is 0.457 e. The molecule has 0 saturated heterocycles. The number of ether oxygens (including phenoxy) is 2. The maximum absolute atomic E-state index is 12.2. The number of aliphatic hydroxyl groups is 1. The van der Waals surface area contributed by atoms with Crippen molar-refractivity contribution in [2.75, 3.05) is 19.8 Å². The second kappa shape index (κ2) is 46.5. The molecule has 0 spiro atoms. The third-order valence-electron chi connectivity index (χ3n) is 10.1. The SMILES string of the molecule is CCCCCCC/C=C\C/C=C\C/C=C\CCCCCCCCCCC(=O)OC(CO)COCCCCCCCCCC/C=C\CCCCCCCC. The van der Waals surface area contributed by atoms with Gasteiger partial charge in [0.25, 0.3) is 0 Å². The van der Waals surface area contributed by atoms with E-state index >= 15 is 0 Å². The zero-order valence-corrected chi connectivity index (χ0v) is 35.5. The Morgan fingerprint density at radius 1 is 0.453 bits per heavy atom. The van der Waals surface area contributed by atoms with E-state index in [9.17, 15) is 9.90 Å². The standard InChI is InChI=1S/C49H90O4/c1-3-5-7-9-11-13-15-17-19-21-23-24-25-26-27-28-30-32-34-36-38-40-42-44-49(51)53-48(46-50)47-52-45-43-41-39-37-35-33-31-29-22-20-18-16-14-12-10-8-6-4-2/h15,17-18,20-21,23,25-26,48,50H,3-14,16,19,22,24,27-47H2,1-2H3/b17-15-,20-18-,23-21-,26-25-. The van der Waals surface area contributed by atoms with Crippen molar-refractivity contribution in [3.05, 3.63) is 48.6 Å². The number of carbonyl (C=O) groups excluding carboxylic acids is 1. The summed E-state index contributed by atoms with van der Waals surface area (Å²) in [6, 6.07) is 0. The second-order valence-corrected chi connectivity index (χ2v) is 15.5. The van der Waals surface area contributed by atoms with E-state index in [1.165, 1.54) is 180 Å². The number of esters is 1. The maximum atomic E-state index is 12.2. The van der Waals surface area contributed by atoms with Gasteiger partial charge in [-0.25, -0.2) is 0 Å². The van der Waals surface area contributed by atoms with Gasteiger partial charge in [-0.1, -0.05) is 197 Å². The lowest BCUT2D eigenvalue weighted by Crippen LogP contribution is -2.27. The van der Waals surface area contributed by atoms with E-state index in [0.29, 0.717) is 19.6 Å². The molecule has 0 saturated carbocycles. The molecule has 1 unspecified atom stereocenters. The van der Waals surface area contributed by atoms with Gasteiger partial charge in [0.1, 0.15) is 6.10 Å². The first kappa shape index (κ1) is 51.4. The summed E-state index contributed by atoms with van der Waals surface area (Å²) in [6.07, 6.45) is 60.3. The molecular formula is C49H90O4. The van der Waals surface area contributed by atoms with Crippen LogP contribution < -0.4 is 0 Å². The minimum atomic E-state index is -0.541. The summed E-state index contributed by atoms with van der Waals surface area (Å²) < 4.78 is 11.2. The lowest BCUT2D eigenvalue weighted by Gasteiger charge is -2.16. The third-order valence-corrected chi connectivity index (χ3v) is 10.1. The van der Waals surface area contributed by atoms with Crippen LogP contribution in [0, 0.1) is 0 Å². The Kier molecular flexibility index (Phi) is 45.1. The van der Waals surface area contributed by atoms with Gasteiger partial charge in [-0.3, -0.25) is 4.79 Å². The van der Waals surface area contributed by atoms with Gasteiger partial charge >= 0.3 is 5.97 Å². The van der Waals surface area contributed by atoms with Crippen LogP contribution in [0.1, 0.15) is 232 Å². The molecule has 0 aliphatic carbocycles. The highest BCUT2D eigenvalue weighted by Gasteiger charge is 2.13. The number of rotatable bonds is 43. The Labute approximate surface area is 331 Å². The zero-order chi connectivity index (χ0) is 38.4. The van der Waals surface area contributed by atoms with Crippen molar-refractivity contribution in [2.24, 2.45) is 0 Å². The fourth-order valence-corrected chi connectivity index (χ4v) is 6.62. The predicted octanol–water partition coefficient (Wildman–Crippen LogP) is 15.4. The molecule has 0 aromatic carbocycles. The molecule has 1 N–H and O–H groups in total. The topological polar surface area (TPSA) is 55.8 Å². The summed E-state index contributed by atoms with van der Waals surface area (Å²) in [5.74, 6) is -0.208. The normalized spacial score (nSPS) is 12.7. The van der Waals surface area contributed by atoms with Crippen molar-refractivity contribution < 1.29 is 19.4 Å². The first-order chi connectivity index (χ1) is 26.2. The van der Waals surface area contributed by atoms with E-state index in [4.69, 9.17) is 9.47 Å². The number of aliphatic hydroxyl groups excluding tert-OH is 1. The second-order valence-electron chi connectivity index (χ2n) is 15.5. The summed E-state index contributed by atoms with van der Waals surface area (Å²) in [6.45, 7) is 5.34. The fraction of sp³-hybridized carbons (Fsp3) is 0.816. The van der Waals surface area contributed by atoms with Gasteiger partial charge in [-0.2, -0.15) is 0 Å². The molecule has 0 fully saturated rings. The van der Waals surface area contributed by atoms with Gasteiger partial charge in [0, 0.05) is 13.0 Å². The van der Waals surface area contributed by atoms with E-state index < -0.39 is 6.10 Å². The Bertz CT molecular complexity index is 828. The minimum Gasteiger partial charge on any atom is -0.457 e. The van der Waals surface area contributed by atoms with E-state index in [0.717, 1.165) is 32.1 Å². The van der Waals surface area contributed by atoms with Crippen LogP contribution in [0.3, 0.4) is 0 Å². The van der Waals surface area contributed by atoms with Crippen LogP contribution in [-0.4, -0.2) is 37.0 Å². The van der Waals surface area contributed by atoms with Crippen molar-refractivity contribution in [3.63, 3.8) is 0 Å². The van der Waals surface area contributed by atoms with E-state index in [1.807, 2.05) is 0 Å². The molecule has 310 valence electrons. The predicted molar refractivity (Wildman–Crippen MR) is 233 cm³/mol. The molecule has 0 aromatic heterocycles. The van der Waals surface area contributed by atoms with Crippen LogP contribution in [0.4, 0.5) is 0 Å². The van der Waals surface area contributed by atoms with Crippen LogP contribution >= 0.6 is 0 Å². The third kappa shape index (κ3) is 44.6. The van der Waals surface area contributed by atoms with Gasteiger partial charge in [0.15, 0.2) is 0 Å². The fourth-order valence-electron chi connectivity index (χ4n) is 6.62. The van der Waals surface area contributed by atoms with Gasteiger partial charge in [-0.05, 0) is 77.0 Å². The highest BCUT2D eigenvalue weighted by molar-refractivity contribution is 5.69. The summed E-state index contributed by atoms with van der Waals surface area (Å²) >= 11 is 0. The molecule has 0 aliphatic rings. The summed E-state index contributed by atoms with van der Waals surface area (Å²) in [4.78, 5) is 12.2. The monoisotopic (exact) mass is 743 g/mol. The van der Waals surface area contributed by atoms with Crippen molar-refractivity contribution in [2.45, 2.75) is 238 Å². The average Bonchev–Trinajstić information content (AvgIpc) is 3.16. The van der Waals surface area contributed by atoms with Gasteiger partial charge in [0.2, 0.25) is 0 Å². The lowest BCUT2D eigenvalue weighted by atomic mass is 10.1. The van der Waals surface area contributed by atoms with Crippen LogP contribution in [0.15, 0.2) is 48.6 Å². The van der Waals surface area contributed by atoms with E-state index in [-0.39, 0.29) is 12.6 Å². The Morgan fingerprint density at radius 3 is 1.21 bits per heavy atom. The molecule has 0 amide bonds. The molecule has 0 bridgehead atoms. The molecule has 0 aromatic rings. The van der Waals surface area contributed by atoms with Crippen LogP contribution in [-0.2, 0) is 14.3 Å². The molecule has 0 radical (unpaired) electrons. The summed E-state index contributed by atoms with van der Waals surface area (Å²) in [7, 11) is 0. The van der Waals surface area contributed by atoms with Crippen molar-refractivity contribution in [1.82, 2.24) is 0 Å². The molecule has 4 heteroatoms. The highest BCUT2D eigenvalue weighted by Crippen LogP contribution is 2.14. The molecule has 53 heavy (non-hydrogen) atoms. The summed E-state index contributed by atoms with van der Waals surface area (Å²) in [5.41, 5.74) is 0. The number of hydrogen-bond donors (Lipinski definition) is 1. The molecule has 4 nitrogen and oxygen atoms in total. The van der Waals surface area contributed by atoms with Crippen LogP contribution in [0.25, 0.3) is 0 Å². The quantitative estimate of drug-likeness (QED) is 0.0384. The molecule has 1 atom stereocenters. The first-order valence-corrected chi connectivity index (χ1v) is 23.2. The molecule has 0 aliphatic heterocycles. The van der Waals surface area contributed by atoms with Crippen LogP contribution in [0.5, 0.6) is 0 Å². The average molecular weight is 743 g/mol. The Balaban J connectivity index is 3.45. The van der Waals surface area contributed by atoms with Gasteiger partial charge in [-0.15, -0.1) is 0 Å². The number of carbonyl (C=O) groups is 1. The lowest BCUT2D eigenvalue weighted by molar-refractivity contribution is -0.154. The molecular weight excluding hydrogens is 653 g/mol. The Hall–Kier alpha value is -1.65. The minimum absolute atomic E-state index is 0.176. The first-order valence-electron chi connectivity index (χ1n) is 23.2. The Morgan fingerprint density at radius 2 is 0.792 bits per heavy atom. The van der Waals surface area contributed by atoms with Gasteiger partial charge < -0.3 is 14.6 Å². The number of unbranched alkanes of at least 4 members (excludes halogenated alkanes) is 27. The van der Waals surface area contributed by atoms with E-state index in [1.54, 1.807) is 0 Å². The molecule has 0 rings (SSSR count). The van der Waals surface area contributed by atoms with Crippen molar-refractivity contribution >= 4 is 5.97 Å². The smallest absolute Gasteiger partial charge is 0.306 e. The van der Waals surface area contributed by atoms with E-state index in [2.05, 4.69) is 62.5 Å². The maximum Gasteiger partial charge on any atom is 0.306 e. The van der Waals surface area contributed by atoms with Crippen LogP contribution in [0.2, 0.25) is 0 Å². The number of hydrogen-bond acceptors (Lipinski definition) is 4. The van der Waals surface area contributed by atoms with Gasteiger partial charge in [0.05, 0.1) is 13.2 Å². The molecule has 0 heterocycles.